The lowest BCUT2D eigenvalue weighted by atomic mass is 10.0. The Morgan fingerprint density at radius 2 is 1.79 bits per heavy atom. The van der Waals surface area contributed by atoms with Crippen LogP contribution in [0.3, 0.4) is 0 Å². The average Bonchev–Trinajstić information content (AvgIpc) is 3.63. The number of amides is 1. The first-order valence-corrected chi connectivity index (χ1v) is 15.5. The van der Waals surface area contributed by atoms with E-state index in [1.807, 2.05) is 36.4 Å². The van der Waals surface area contributed by atoms with Gasteiger partial charge in [0.1, 0.15) is 11.9 Å². The second kappa shape index (κ2) is 14.1. The van der Waals surface area contributed by atoms with E-state index in [1.54, 1.807) is 36.5 Å². The zero-order valence-electron chi connectivity index (χ0n) is 23.1. The molecular weight excluding hydrogens is 560 g/mol. The van der Waals surface area contributed by atoms with Crippen molar-refractivity contribution in [1.82, 2.24) is 14.6 Å². The van der Waals surface area contributed by atoms with E-state index in [-0.39, 0.29) is 49.8 Å². The normalized spacial score (nSPS) is 21.4. The average molecular weight is 597 g/mol. The van der Waals surface area contributed by atoms with E-state index in [2.05, 4.69) is 15.6 Å². The van der Waals surface area contributed by atoms with Crippen LogP contribution in [0.2, 0.25) is 0 Å². The predicted octanol–water partition coefficient (Wildman–Crippen LogP) is 2.64. The Bertz CT molecular complexity index is 1380. The molecule has 224 valence electrons. The van der Waals surface area contributed by atoms with Gasteiger partial charge in [0, 0.05) is 25.8 Å². The van der Waals surface area contributed by atoms with Crippen LogP contribution < -0.4 is 10.6 Å². The molecule has 12 heteroatoms. The zero-order chi connectivity index (χ0) is 29.4. The number of nitrogens with zero attached hydrogens (tertiary/aromatic N) is 2. The number of aliphatic hydroxyl groups is 1. The number of aromatic nitrogens is 1. The van der Waals surface area contributed by atoms with Gasteiger partial charge in [-0.25, -0.2) is 18.2 Å². The molecule has 2 fully saturated rings. The van der Waals surface area contributed by atoms with Crippen LogP contribution in [0, 0.1) is 5.92 Å². The summed E-state index contributed by atoms with van der Waals surface area (Å²) in [6.07, 6.45) is -0.152. The summed E-state index contributed by atoms with van der Waals surface area (Å²) < 4.78 is 45.4. The van der Waals surface area contributed by atoms with E-state index >= 15 is 0 Å². The standard InChI is InChI=1S/C30H36N4O7S/c35-26(20-34(17-16-32-28-13-7-8-15-31-28)42(37,38)23-11-5-2-6-12-23)25(19-22-9-3-1-4-10-22)33-30(36)41-27-21-40-29-24(27)14-18-39-29/h1-13,15,24-27,29,35H,14,16-21H2,(H,31,32)(H,33,36)/t24?,25-,26+,27?,29?/m0/s1. The van der Waals surface area contributed by atoms with Crippen LogP contribution in [-0.2, 0) is 30.7 Å². The molecule has 1 amide bonds. The summed E-state index contributed by atoms with van der Waals surface area (Å²) in [5.74, 6) is 0.568. The fourth-order valence-corrected chi connectivity index (χ4v) is 6.66. The summed E-state index contributed by atoms with van der Waals surface area (Å²) in [5.41, 5.74) is 0.865. The van der Waals surface area contributed by atoms with Crippen LogP contribution in [0.1, 0.15) is 12.0 Å². The number of sulfonamides is 1. The minimum Gasteiger partial charge on any atom is -0.443 e. The largest absolute Gasteiger partial charge is 0.443 e. The SMILES string of the molecule is O=C(N[C@@H](Cc1ccccc1)[C@H](O)CN(CCNc1ccccn1)S(=O)(=O)c1ccccc1)OC1COC2OCCC12. The van der Waals surface area contributed by atoms with E-state index in [1.165, 1.54) is 16.4 Å². The van der Waals surface area contributed by atoms with Gasteiger partial charge in [0.25, 0.3) is 0 Å². The smallest absolute Gasteiger partial charge is 0.407 e. The minimum atomic E-state index is -3.98. The number of benzene rings is 2. The van der Waals surface area contributed by atoms with Crippen LogP contribution in [-0.4, -0.2) is 86.3 Å². The minimum absolute atomic E-state index is 0.0358. The monoisotopic (exact) mass is 596 g/mol. The highest BCUT2D eigenvalue weighted by Gasteiger charge is 2.44. The van der Waals surface area contributed by atoms with Gasteiger partial charge in [-0.05, 0) is 42.7 Å². The maximum absolute atomic E-state index is 13.7. The van der Waals surface area contributed by atoms with Crippen molar-refractivity contribution in [3.63, 3.8) is 0 Å². The molecule has 1 aromatic heterocycles. The van der Waals surface area contributed by atoms with Crippen molar-refractivity contribution >= 4 is 21.9 Å². The van der Waals surface area contributed by atoms with Crippen molar-refractivity contribution in [3.8, 4) is 0 Å². The molecule has 42 heavy (non-hydrogen) atoms. The molecule has 3 N–H and O–H groups in total. The van der Waals surface area contributed by atoms with Gasteiger partial charge in [0.05, 0.1) is 36.2 Å². The molecule has 0 aliphatic carbocycles. The maximum Gasteiger partial charge on any atom is 0.407 e. The highest BCUT2D eigenvalue weighted by molar-refractivity contribution is 7.89. The molecule has 11 nitrogen and oxygen atoms in total. The third kappa shape index (κ3) is 7.64. The van der Waals surface area contributed by atoms with Crippen LogP contribution in [0.25, 0.3) is 0 Å². The third-order valence-electron chi connectivity index (χ3n) is 7.41. The molecule has 3 aromatic rings. The zero-order valence-corrected chi connectivity index (χ0v) is 23.9. The molecule has 0 bridgehead atoms. The Hall–Kier alpha value is -3.55. The van der Waals surface area contributed by atoms with Crippen LogP contribution >= 0.6 is 0 Å². The number of alkyl carbamates (subject to hydrolysis) is 1. The molecular formula is C30H36N4O7S. The van der Waals surface area contributed by atoms with E-state index in [0.29, 0.717) is 12.4 Å². The van der Waals surface area contributed by atoms with Crippen LogP contribution in [0.15, 0.2) is 90.0 Å². The van der Waals surface area contributed by atoms with E-state index < -0.39 is 34.4 Å². The van der Waals surface area contributed by atoms with Crippen molar-refractivity contribution in [1.29, 1.82) is 0 Å². The fourth-order valence-electron chi connectivity index (χ4n) is 5.18. The third-order valence-corrected chi connectivity index (χ3v) is 9.29. The first-order valence-electron chi connectivity index (χ1n) is 14.0. The molecule has 3 heterocycles. The van der Waals surface area contributed by atoms with Gasteiger partial charge < -0.3 is 30.0 Å². The molecule has 0 spiro atoms. The number of anilines is 1. The molecule has 2 saturated heterocycles. The van der Waals surface area contributed by atoms with Crippen molar-refractivity contribution in [2.75, 3.05) is 38.2 Å². The van der Waals surface area contributed by atoms with Gasteiger partial charge in [0.2, 0.25) is 10.0 Å². The van der Waals surface area contributed by atoms with Crippen LogP contribution in [0.4, 0.5) is 10.6 Å². The topological polar surface area (TPSA) is 139 Å². The first-order chi connectivity index (χ1) is 20.4. The maximum atomic E-state index is 13.7. The van der Waals surface area contributed by atoms with Gasteiger partial charge in [0.15, 0.2) is 6.29 Å². The molecule has 5 atom stereocenters. The summed E-state index contributed by atoms with van der Waals surface area (Å²) in [6.45, 7) is 0.828. The van der Waals surface area contributed by atoms with Gasteiger partial charge in [-0.3, -0.25) is 0 Å². The van der Waals surface area contributed by atoms with Crippen molar-refractivity contribution in [3.05, 3.63) is 90.6 Å². The lowest BCUT2D eigenvalue weighted by Crippen LogP contribution is -2.51. The summed E-state index contributed by atoms with van der Waals surface area (Å²) in [6, 6.07) is 22.0. The number of aliphatic hydroxyl groups excluding tert-OH is 1. The molecule has 2 aromatic carbocycles. The number of pyridine rings is 1. The Balaban J connectivity index is 1.31. The quantitative estimate of drug-likeness (QED) is 0.272. The van der Waals surface area contributed by atoms with Gasteiger partial charge >= 0.3 is 6.09 Å². The lowest BCUT2D eigenvalue weighted by Gasteiger charge is -2.30. The molecule has 2 aliphatic heterocycles. The Morgan fingerprint density at radius 1 is 1.05 bits per heavy atom. The summed E-state index contributed by atoms with van der Waals surface area (Å²) >= 11 is 0. The Morgan fingerprint density at radius 3 is 2.52 bits per heavy atom. The number of hydrogen-bond donors (Lipinski definition) is 3. The number of carbonyl (C=O) groups is 1. The van der Waals surface area contributed by atoms with E-state index in [0.717, 1.165) is 12.0 Å². The van der Waals surface area contributed by atoms with Gasteiger partial charge in [-0.2, -0.15) is 4.31 Å². The van der Waals surface area contributed by atoms with E-state index in [4.69, 9.17) is 14.2 Å². The lowest BCUT2D eigenvalue weighted by molar-refractivity contribution is -0.0907. The number of nitrogens with one attached hydrogen (secondary N) is 2. The number of carbonyl (C=O) groups excluding carboxylic acids is 1. The van der Waals surface area contributed by atoms with Crippen molar-refractivity contribution < 1.29 is 32.5 Å². The molecule has 3 unspecified atom stereocenters. The second-order valence-corrected chi connectivity index (χ2v) is 12.2. The predicted molar refractivity (Wildman–Crippen MR) is 155 cm³/mol. The second-order valence-electron chi connectivity index (χ2n) is 10.3. The number of rotatable bonds is 13. The first kappa shape index (κ1) is 29.9. The van der Waals surface area contributed by atoms with E-state index in [9.17, 15) is 18.3 Å². The number of ether oxygens (including phenoxy) is 3. The molecule has 2 aliphatic rings. The number of fused-ring (bicyclic) bond motifs is 1. The molecule has 0 radical (unpaired) electrons. The van der Waals surface area contributed by atoms with Crippen molar-refractivity contribution in [2.24, 2.45) is 5.92 Å². The molecule has 5 rings (SSSR count). The number of hydrogen-bond acceptors (Lipinski definition) is 9. The van der Waals surface area contributed by atoms with Gasteiger partial charge in [-0.1, -0.05) is 54.6 Å². The van der Waals surface area contributed by atoms with Crippen molar-refractivity contribution in [2.45, 2.75) is 42.3 Å². The Kier molecular flexibility index (Phi) is 10.0. The summed E-state index contributed by atoms with van der Waals surface area (Å²) in [5, 5.41) is 17.4. The fraction of sp³-hybridized carbons (Fsp3) is 0.400. The van der Waals surface area contributed by atoms with Gasteiger partial charge in [-0.15, -0.1) is 0 Å². The summed E-state index contributed by atoms with van der Waals surface area (Å²) in [7, 11) is -3.98. The highest BCUT2D eigenvalue weighted by atomic mass is 32.2. The Labute approximate surface area is 245 Å². The molecule has 0 saturated carbocycles. The van der Waals surface area contributed by atoms with Crippen LogP contribution in [0.5, 0.6) is 0 Å². The highest BCUT2D eigenvalue weighted by Crippen LogP contribution is 2.33. The summed E-state index contributed by atoms with van der Waals surface area (Å²) in [4.78, 5) is 17.4.